The Hall–Kier alpha value is -4.98. The number of aromatic nitrogens is 5. The molecule has 1 aliphatic rings. The van der Waals surface area contributed by atoms with Crippen molar-refractivity contribution >= 4 is 16.7 Å². The highest BCUT2D eigenvalue weighted by molar-refractivity contribution is 5.94. The second-order valence-electron chi connectivity index (χ2n) is 11.5. The summed E-state index contributed by atoms with van der Waals surface area (Å²) >= 11 is 0. The van der Waals surface area contributed by atoms with Gasteiger partial charge >= 0.3 is 0 Å². The van der Waals surface area contributed by atoms with E-state index in [2.05, 4.69) is 21.2 Å². The van der Waals surface area contributed by atoms with Gasteiger partial charge in [0, 0.05) is 42.5 Å². The molecule has 13 heteroatoms. The number of hydrogen-bond acceptors (Lipinski definition) is 12. The number of ether oxygens (including phenoxy) is 2. The number of hydrogen-bond donors (Lipinski definition) is 3. The van der Waals surface area contributed by atoms with Crippen LogP contribution in [0.4, 0.5) is 5.82 Å². The smallest absolute Gasteiger partial charge is 0.165 e. The largest absolute Gasteiger partial charge is 0.487 e. The van der Waals surface area contributed by atoms with Crippen LogP contribution in [0.3, 0.4) is 0 Å². The van der Waals surface area contributed by atoms with Gasteiger partial charge < -0.3 is 34.7 Å². The first kappa shape index (κ1) is 33.4. The van der Waals surface area contributed by atoms with Crippen LogP contribution in [0.2, 0.25) is 0 Å². The van der Waals surface area contributed by atoms with Gasteiger partial charge in [0.05, 0.1) is 55.0 Å². The third-order valence-electron chi connectivity index (χ3n) is 7.59. The minimum absolute atomic E-state index is 0.0310. The zero-order valence-corrected chi connectivity index (χ0v) is 27.3. The van der Waals surface area contributed by atoms with Crippen LogP contribution in [0.25, 0.3) is 33.4 Å². The monoisotopic (exact) mass is 641 g/mol. The second-order valence-corrected chi connectivity index (χ2v) is 11.5. The molecule has 0 atom stereocenters. The highest BCUT2D eigenvalue weighted by Crippen LogP contribution is 2.34. The zero-order chi connectivity index (χ0) is 33.3. The molecule has 248 valence electrons. The van der Waals surface area contributed by atoms with Crippen molar-refractivity contribution in [2.24, 2.45) is 11.6 Å². The molecule has 0 radical (unpaired) electrons. The molecule has 13 nitrogen and oxygen atoms in total. The average molecular weight is 642 g/mol. The van der Waals surface area contributed by atoms with Crippen molar-refractivity contribution in [1.29, 1.82) is 0 Å². The van der Waals surface area contributed by atoms with E-state index in [0.29, 0.717) is 37.9 Å². The molecule has 0 saturated carbocycles. The average Bonchev–Trinajstić information content (AvgIpc) is 3.69. The van der Waals surface area contributed by atoms with Crippen molar-refractivity contribution in [1.82, 2.24) is 29.9 Å². The first-order valence-corrected chi connectivity index (χ1v) is 15.6. The van der Waals surface area contributed by atoms with Crippen LogP contribution in [0.1, 0.15) is 25.3 Å². The van der Waals surface area contributed by atoms with E-state index in [1.165, 1.54) is 0 Å². The van der Waals surface area contributed by atoms with E-state index in [1.807, 2.05) is 76.4 Å². The Labute approximate surface area is 274 Å². The van der Waals surface area contributed by atoms with Crippen LogP contribution in [0, 0.1) is 13.8 Å². The number of benzene rings is 2. The highest BCUT2D eigenvalue weighted by atomic mass is 16.5. The lowest BCUT2D eigenvalue weighted by Crippen LogP contribution is -2.37. The number of morpholine rings is 1. The molecule has 2 aromatic carbocycles. The minimum atomic E-state index is 0.0310. The number of rotatable bonds is 10. The van der Waals surface area contributed by atoms with E-state index >= 15 is 0 Å². The Morgan fingerprint density at radius 3 is 2.53 bits per heavy atom. The summed E-state index contributed by atoms with van der Waals surface area (Å²) in [5.74, 6) is 8.79. The van der Waals surface area contributed by atoms with Gasteiger partial charge in [-0.1, -0.05) is 29.4 Å². The molecule has 0 spiro atoms. The van der Waals surface area contributed by atoms with E-state index in [4.69, 9.17) is 35.5 Å². The predicted molar refractivity (Wildman–Crippen MR) is 181 cm³/mol. The van der Waals surface area contributed by atoms with Crippen LogP contribution in [0.5, 0.6) is 5.75 Å². The van der Waals surface area contributed by atoms with Gasteiger partial charge in [0.2, 0.25) is 0 Å². The molecular weight excluding hydrogens is 598 g/mol. The van der Waals surface area contributed by atoms with Crippen LogP contribution in [-0.4, -0.2) is 80.6 Å². The van der Waals surface area contributed by atoms with Gasteiger partial charge in [0.1, 0.15) is 23.9 Å². The highest BCUT2D eigenvalue weighted by Gasteiger charge is 2.20. The molecule has 47 heavy (non-hydrogen) atoms. The molecule has 0 bridgehead atoms. The van der Waals surface area contributed by atoms with Crippen molar-refractivity contribution < 1.29 is 19.1 Å². The van der Waals surface area contributed by atoms with Crippen molar-refractivity contribution in [2.45, 2.75) is 40.3 Å². The van der Waals surface area contributed by atoms with Crippen molar-refractivity contribution in [3.8, 4) is 28.3 Å². The quantitative estimate of drug-likeness (QED) is 0.148. The number of hydrazine groups is 1. The second kappa shape index (κ2) is 15.5. The van der Waals surface area contributed by atoms with E-state index in [0.717, 1.165) is 63.7 Å². The molecule has 1 aliphatic heterocycles. The van der Waals surface area contributed by atoms with Gasteiger partial charge in [0.15, 0.2) is 5.82 Å². The number of fused-ring (bicyclic) bond motifs is 1. The van der Waals surface area contributed by atoms with Gasteiger partial charge in [-0.2, -0.15) is 5.10 Å². The maximum Gasteiger partial charge on any atom is 0.165 e. The lowest BCUT2D eigenvalue weighted by Gasteiger charge is -2.29. The lowest BCUT2D eigenvalue weighted by atomic mass is 10.0. The minimum Gasteiger partial charge on any atom is -0.487 e. The summed E-state index contributed by atoms with van der Waals surface area (Å²) in [6, 6.07) is 15.9. The molecule has 0 amide bonds. The van der Waals surface area contributed by atoms with Gasteiger partial charge in [-0.3, -0.25) is 4.68 Å². The summed E-state index contributed by atoms with van der Waals surface area (Å²) < 4.78 is 18.1. The van der Waals surface area contributed by atoms with Gasteiger partial charge in [-0.15, -0.1) is 0 Å². The van der Waals surface area contributed by atoms with Crippen molar-refractivity contribution in [3.63, 3.8) is 0 Å². The summed E-state index contributed by atoms with van der Waals surface area (Å²) in [5, 5.41) is 20.1. The van der Waals surface area contributed by atoms with Crippen LogP contribution >= 0.6 is 0 Å². The van der Waals surface area contributed by atoms with Gasteiger partial charge in [-0.05, 0) is 57.5 Å². The Morgan fingerprint density at radius 1 is 1.09 bits per heavy atom. The summed E-state index contributed by atoms with van der Waals surface area (Å²) in [7, 11) is 0. The van der Waals surface area contributed by atoms with E-state index in [9.17, 15) is 5.11 Å². The van der Waals surface area contributed by atoms with Crippen molar-refractivity contribution in [3.05, 3.63) is 84.3 Å². The van der Waals surface area contributed by atoms with Crippen LogP contribution < -0.4 is 21.2 Å². The molecule has 5 aromatic rings. The molecule has 1 saturated heterocycles. The fourth-order valence-corrected chi connectivity index (χ4v) is 5.07. The Kier molecular flexibility index (Phi) is 11.0. The topological polar surface area (TPSA) is 167 Å². The van der Waals surface area contributed by atoms with Crippen molar-refractivity contribution in [2.75, 3.05) is 44.4 Å². The molecule has 0 aliphatic carbocycles. The molecular formula is C34H43N9O4. The lowest BCUT2D eigenvalue weighted by molar-refractivity contribution is 0.122. The first-order chi connectivity index (χ1) is 22.7. The summed E-state index contributed by atoms with van der Waals surface area (Å²) in [6.07, 6.45) is 5.28. The number of aliphatic hydroxyl groups is 1. The Balaban J connectivity index is 0.000000230. The maximum absolute atomic E-state index is 9.18. The SMILES string of the molecule is CC(C)N(N)/C=C(\N)COc1ccccc1.Cc1noc(C)c1-c1ccc2nc(-c3cnn(CCO)c3)nc(N3CCOCC3)c2c1. The molecule has 3 aromatic heterocycles. The molecule has 0 unspecified atom stereocenters. The Morgan fingerprint density at radius 2 is 1.85 bits per heavy atom. The normalized spacial score (nSPS) is 13.5. The number of aliphatic hydroxyl groups excluding tert-OH is 1. The summed E-state index contributed by atoms with van der Waals surface area (Å²) in [6.45, 7) is 11.5. The Bertz CT molecular complexity index is 1760. The van der Waals surface area contributed by atoms with E-state index in [1.54, 1.807) is 22.1 Å². The standard InChI is InChI=1S/C22H24N6O3.C12H19N3O/c1-14-20(15(2)31-26-14)16-3-4-19-18(11-16)22(27-6-9-30-10-7-27)25-21(24-19)17-12-23-28(13-17)5-8-29;1-10(2)15(14)8-11(13)9-16-12-6-4-3-5-7-12/h3-4,11-13,29H,5-10H2,1-2H3;3-8,10H,9,13-14H2,1-2H3/b;11-8-. The van der Waals surface area contributed by atoms with Crippen LogP contribution in [-0.2, 0) is 11.3 Å². The molecule has 4 heterocycles. The zero-order valence-electron chi connectivity index (χ0n) is 27.3. The van der Waals surface area contributed by atoms with Gasteiger partial charge in [0.25, 0.3) is 0 Å². The van der Waals surface area contributed by atoms with E-state index < -0.39 is 0 Å². The number of nitrogens with zero attached hydrogens (tertiary/aromatic N) is 7. The number of aryl methyl sites for hydroxylation is 2. The van der Waals surface area contributed by atoms with Crippen LogP contribution in [0.15, 0.2) is 77.3 Å². The summed E-state index contributed by atoms with van der Waals surface area (Å²) in [4.78, 5) is 12.0. The fraction of sp³-hybridized carbons (Fsp3) is 0.353. The molecule has 1 fully saturated rings. The molecule has 5 N–H and O–H groups in total. The third-order valence-corrected chi connectivity index (χ3v) is 7.59. The predicted octanol–water partition coefficient (Wildman–Crippen LogP) is 4.04. The molecule has 6 rings (SSSR count). The summed E-state index contributed by atoms with van der Waals surface area (Å²) in [5.41, 5.74) is 10.9. The maximum atomic E-state index is 9.18. The number of nitrogens with two attached hydrogens (primary N) is 2. The third kappa shape index (κ3) is 8.44. The van der Waals surface area contributed by atoms with E-state index in [-0.39, 0.29) is 12.6 Å². The number of anilines is 1. The van der Waals surface area contributed by atoms with Gasteiger partial charge in [-0.25, -0.2) is 15.8 Å². The number of para-hydroxylation sites is 1. The fourth-order valence-electron chi connectivity index (χ4n) is 5.07. The first-order valence-electron chi connectivity index (χ1n) is 15.6.